The molecule has 1 amide bonds. The van der Waals surface area contributed by atoms with Crippen LogP contribution in [-0.2, 0) is 0 Å². The van der Waals surface area contributed by atoms with Gasteiger partial charge < -0.3 is 9.73 Å². The lowest BCUT2D eigenvalue weighted by Crippen LogP contribution is -2.40. The number of aromatic amines is 1. The van der Waals surface area contributed by atoms with Gasteiger partial charge in [-0.25, -0.2) is 0 Å². The van der Waals surface area contributed by atoms with E-state index < -0.39 is 0 Å². The number of carbonyl (C=O) groups excluding carboxylic acids is 1. The molecule has 0 saturated carbocycles. The molecule has 0 bridgehead atoms. The molecule has 25 heavy (non-hydrogen) atoms. The Balaban J connectivity index is 1.69. The summed E-state index contributed by atoms with van der Waals surface area (Å²) in [6, 6.07) is 3.93. The highest BCUT2D eigenvalue weighted by molar-refractivity contribution is 9.10. The SMILES string of the molecule is CC(C)c1[nH]nc(C(=O)NCC(c2ccco2)N2CCCCC2)c1Br. The molecular weight excluding hydrogens is 384 g/mol. The number of carbonyl (C=O) groups is 1. The first kappa shape index (κ1) is 18.2. The van der Waals surface area contributed by atoms with Gasteiger partial charge in [-0.05, 0) is 59.9 Å². The number of halogens is 1. The Morgan fingerprint density at radius 1 is 1.40 bits per heavy atom. The monoisotopic (exact) mass is 408 g/mol. The summed E-state index contributed by atoms with van der Waals surface area (Å²) in [5, 5.41) is 10.1. The second-order valence-corrected chi connectivity index (χ2v) is 7.59. The number of furan rings is 1. The molecule has 1 fully saturated rings. The number of H-pyrrole nitrogens is 1. The van der Waals surface area contributed by atoms with E-state index in [0.717, 1.165) is 29.0 Å². The van der Waals surface area contributed by atoms with Gasteiger partial charge in [0, 0.05) is 6.54 Å². The molecule has 7 heteroatoms. The summed E-state index contributed by atoms with van der Waals surface area (Å²) >= 11 is 3.49. The second-order valence-electron chi connectivity index (χ2n) is 6.79. The number of amides is 1. The van der Waals surface area contributed by atoms with E-state index in [1.54, 1.807) is 6.26 Å². The fraction of sp³-hybridized carbons (Fsp3) is 0.556. The molecule has 1 aliphatic heterocycles. The zero-order valence-electron chi connectivity index (χ0n) is 14.7. The third kappa shape index (κ3) is 4.15. The lowest BCUT2D eigenvalue weighted by atomic mass is 10.1. The third-order valence-corrected chi connectivity index (χ3v) is 5.49. The first-order valence-electron chi connectivity index (χ1n) is 8.87. The van der Waals surface area contributed by atoms with Crippen molar-refractivity contribution in [2.75, 3.05) is 19.6 Å². The predicted molar refractivity (Wildman–Crippen MR) is 99.6 cm³/mol. The minimum Gasteiger partial charge on any atom is -0.468 e. The van der Waals surface area contributed by atoms with Crippen molar-refractivity contribution in [3.63, 3.8) is 0 Å². The molecule has 2 N–H and O–H groups in total. The third-order valence-electron chi connectivity index (χ3n) is 4.68. The van der Waals surface area contributed by atoms with Crippen LogP contribution in [0.25, 0.3) is 0 Å². The van der Waals surface area contributed by atoms with Crippen LogP contribution in [0.15, 0.2) is 27.3 Å². The molecule has 6 nitrogen and oxygen atoms in total. The molecule has 136 valence electrons. The van der Waals surface area contributed by atoms with Gasteiger partial charge in [0.1, 0.15) is 5.76 Å². The number of piperidine rings is 1. The van der Waals surface area contributed by atoms with Crippen molar-refractivity contribution in [1.29, 1.82) is 0 Å². The zero-order valence-corrected chi connectivity index (χ0v) is 16.3. The van der Waals surface area contributed by atoms with E-state index in [0.29, 0.717) is 12.2 Å². The number of hydrogen-bond acceptors (Lipinski definition) is 4. The van der Waals surface area contributed by atoms with Gasteiger partial charge in [-0.3, -0.25) is 14.8 Å². The highest BCUT2D eigenvalue weighted by atomic mass is 79.9. The predicted octanol–water partition coefficient (Wildman–Crippen LogP) is 3.85. The van der Waals surface area contributed by atoms with Crippen LogP contribution in [0, 0.1) is 0 Å². The summed E-state index contributed by atoms with van der Waals surface area (Å²) in [7, 11) is 0. The molecular formula is C18H25BrN4O2. The second kappa shape index (κ2) is 8.19. The maximum absolute atomic E-state index is 12.6. The molecule has 0 radical (unpaired) electrons. The van der Waals surface area contributed by atoms with Crippen molar-refractivity contribution < 1.29 is 9.21 Å². The highest BCUT2D eigenvalue weighted by Crippen LogP contribution is 2.27. The fourth-order valence-electron chi connectivity index (χ4n) is 3.27. The van der Waals surface area contributed by atoms with Gasteiger partial charge in [-0.1, -0.05) is 20.3 Å². The number of nitrogens with one attached hydrogen (secondary N) is 2. The van der Waals surface area contributed by atoms with Gasteiger partial charge >= 0.3 is 0 Å². The molecule has 3 heterocycles. The summed E-state index contributed by atoms with van der Waals surface area (Å²) in [6.45, 7) is 6.69. The topological polar surface area (TPSA) is 74.2 Å². The van der Waals surface area contributed by atoms with Crippen molar-refractivity contribution in [1.82, 2.24) is 20.4 Å². The average molecular weight is 409 g/mol. The Hall–Kier alpha value is -1.60. The smallest absolute Gasteiger partial charge is 0.273 e. The zero-order chi connectivity index (χ0) is 17.8. The van der Waals surface area contributed by atoms with Crippen molar-refractivity contribution in [2.24, 2.45) is 0 Å². The number of nitrogens with zero attached hydrogens (tertiary/aromatic N) is 2. The highest BCUT2D eigenvalue weighted by Gasteiger charge is 2.26. The van der Waals surface area contributed by atoms with E-state index >= 15 is 0 Å². The number of likely N-dealkylation sites (tertiary alicyclic amines) is 1. The van der Waals surface area contributed by atoms with Gasteiger partial charge in [0.2, 0.25) is 0 Å². The van der Waals surface area contributed by atoms with E-state index in [4.69, 9.17) is 4.42 Å². The van der Waals surface area contributed by atoms with Gasteiger partial charge in [-0.15, -0.1) is 0 Å². The molecule has 1 atom stereocenters. The Labute approximate surface area is 156 Å². The maximum atomic E-state index is 12.6. The molecule has 0 aliphatic carbocycles. The van der Waals surface area contributed by atoms with E-state index in [9.17, 15) is 4.79 Å². The van der Waals surface area contributed by atoms with Crippen LogP contribution in [0.2, 0.25) is 0 Å². The summed E-state index contributed by atoms with van der Waals surface area (Å²) in [6.07, 6.45) is 5.33. The van der Waals surface area contributed by atoms with E-state index in [2.05, 4.69) is 50.2 Å². The average Bonchev–Trinajstić information content (AvgIpc) is 3.25. The lowest BCUT2D eigenvalue weighted by molar-refractivity contribution is 0.0908. The summed E-state index contributed by atoms with van der Waals surface area (Å²) < 4.78 is 6.37. The molecule has 2 aromatic heterocycles. The fourth-order valence-corrected chi connectivity index (χ4v) is 4.08. The van der Waals surface area contributed by atoms with Gasteiger partial charge in [-0.2, -0.15) is 5.10 Å². The van der Waals surface area contributed by atoms with Crippen LogP contribution < -0.4 is 5.32 Å². The maximum Gasteiger partial charge on any atom is 0.273 e. The molecule has 0 spiro atoms. The van der Waals surface area contributed by atoms with E-state index in [1.807, 2.05) is 12.1 Å². The summed E-state index contributed by atoms with van der Waals surface area (Å²) in [4.78, 5) is 15.0. The molecule has 1 aliphatic rings. The van der Waals surface area contributed by atoms with Crippen molar-refractivity contribution in [3.8, 4) is 0 Å². The van der Waals surface area contributed by atoms with Gasteiger partial charge in [0.15, 0.2) is 5.69 Å². The first-order valence-corrected chi connectivity index (χ1v) is 9.66. The minimum atomic E-state index is -0.177. The minimum absolute atomic E-state index is 0.0570. The van der Waals surface area contributed by atoms with Crippen molar-refractivity contribution in [2.45, 2.75) is 45.1 Å². The van der Waals surface area contributed by atoms with Gasteiger partial charge in [0.25, 0.3) is 5.91 Å². The van der Waals surface area contributed by atoms with Gasteiger partial charge in [0.05, 0.1) is 22.5 Å². The van der Waals surface area contributed by atoms with E-state index in [-0.39, 0.29) is 17.9 Å². The molecule has 0 aromatic carbocycles. The van der Waals surface area contributed by atoms with E-state index in [1.165, 1.54) is 19.3 Å². The van der Waals surface area contributed by atoms with Crippen LogP contribution in [0.5, 0.6) is 0 Å². The number of aromatic nitrogens is 2. The quantitative estimate of drug-likeness (QED) is 0.760. The van der Waals surface area contributed by atoms with Crippen molar-refractivity contribution in [3.05, 3.63) is 40.0 Å². The normalized spacial score (nSPS) is 17.0. The van der Waals surface area contributed by atoms with Crippen LogP contribution in [0.3, 0.4) is 0 Å². The Morgan fingerprint density at radius 2 is 2.16 bits per heavy atom. The van der Waals surface area contributed by atoms with Crippen LogP contribution in [-0.4, -0.2) is 40.6 Å². The molecule has 2 aromatic rings. The Morgan fingerprint density at radius 3 is 2.76 bits per heavy atom. The van der Waals surface area contributed by atoms with Crippen molar-refractivity contribution >= 4 is 21.8 Å². The number of rotatable bonds is 6. The molecule has 1 unspecified atom stereocenters. The van der Waals surface area contributed by atoms with Crippen LogP contribution in [0.4, 0.5) is 0 Å². The molecule has 3 rings (SSSR count). The first-order chi connectivity index (χ1) is 12.1. The van der Waals surface area contributed by atoms with Crippen LogP contribution >= 0.6 is 15.9 Å². The summed E-state index contributed by atoms with van der Waals surface area (Å²) in [5.74, 6) is 0.988. The summed E-state index contributed by atoms with van der Waals surface area (Å²) in [5.41, 5.74) is 1.34. The van der Waals surface area contributed by atoms with Crippen LogP contribution in [0.1, 0.15) is 67.0 Å². The molecule has 1 saturated heterocycles. The Kier molecular flexibility index (Phi) is 5.96. The Bertz CT molecular complexity index is 690. The standard InChI is InChI=1S/C18H25BrN4O2/c1-12(2)16-15(19)17(22-21-16)18(24)20-11-13(14-7-6-10-25-14)23-8-4-3-5-9-23/h6-7,10,12-13H,3-5,8-9,11H2,1-2H3,(H,20,24)(H,21,22). The number of hydrogen-bond donors (Lipinski definition) is 2. The lowest BCUT2D eigenvalue weighted by Gasteiger charge is -2.33. The largest absolute Gasteiger partial charge is 0.468 e.